The van der Waals surface area contributed by atoms with Crippen molar-refractivity contribution in [2.75, 3.05) is 10.6 Å². The molecule has 2 N–H and O–H groups in total. The zero-order chi connectivity index (χ0) is 19.4. The molecule has 3 aromatic rings. The Bertz CT molecular complexity index is 977. The zero-order valence-electron chi connectivity index (χ0n) is 15.4. The SMILES string of the molecule is CC(=O)c1ccc(Nc2cc(C(=O)Nc3c(C)cccc3C)ncn2)cc1. The molecule has 1 aromatic heterocycles. The highest BCUT2D eigenvalue weighted by atomic mass is 16.2. The van der Waals surface area contributed by atoms with Crippen LogP contribution in [0.2, 0.25) is 0 Å². The van der Waals surface area contributed by atoms with Gasteiger partial charge in [0.15, 0.2) is 5.78 Å². The number of nitrogens with one attached hydrogen (secondary N) is 2. The number of aryl methyl sites for hydroxylation is 2. The Morgan fingerprint density at radius 3 is 2.22 bits per heavy atom. The number of anilines is 3. The van der Waals surface area contributed by atoms with E-state index in [0.29, 0.717) is 11.4 Å². The van der Waals surface area contributed by atoms with E-state index in [1.165, 1.54) is 13.3 Å². The fourth-order valence-electron chi connectivity index (χ4n) is 2.68. The highest BCUT2D eigenvalue weighted by molar-refractivity contribution is 6.04. The van der Waals surface area contributed by atoms with E-state index >= 15 is 0 Å². The second-order valence-electron chi connectivity index (χ2n) is 6.27. The Kier molecular flexibility index (Phi) is 5.26. The van der Waals surface area contributed by atoms with Crippen molar-refractivity contribution in [1.82, 2.24) is 9.97 Å². The Labute approximate surface area is 157 Å². The molecule has 6 heteroatoms. The summed E-state index contributed by atoms with van der Waals surface area (Å²) in [5.41, 5.74) is 4.42. The molecule has 0 atom stereocenters. The van der Waals surface area contributed by atoms with E-state index in [9.17, 15) is 9.59 Å². The van der Waals surface area contributed by atoms with Crippen molar-refractivity contribution in [3.05, 3.63) is 77.2 Å². The second-order valence-corrected chi connectivity index (χ2v) is 6.27. The van der Waals surface area contributed by atoms with Crippen molar-refractivity contribution in [2.45, 2.75) is 20.8 Å². The average Bonchev–Trinajstić information content (AvgIpc) is 2.65. The van der Waals surface area contributed by atoms with Gasteiger partial charge in [-0.15, -0.1) is 0 Å². The van der Waals surface area contributed by atoms with Gasteiger partial charge in [0, 0.05) is 23.0 Å². The molecule has 3 rings (SSSR count). The molecule has 0 spiro atoms. The maximum absolute atomic E-state index is 12.6. The van der Waals surface area contributed by atoms with Gasteiger partial charge in [-0.25, -0.2) is 9.97 Å². The average molecular weight is 360 g/mol. The highest BCUT2D eigenvalue weighted by Crippen LogP contribution is 2.21. The summed E-state index contributed by atoms with van der Waals surface area (Å²) in [6, 6.07) is 14.5. The normalized spacial score (nSPS) is 10.3. The van der Waals surface area contributed by atoms with Crippen LogP contribution in [0.1, 0.15) is 38.9 Å². The third-order valence-electron chi connectivity index (χ3n) is 4.18. The summed E-state index contributed by atoms with van der Waals surface area (Å²) in [6.45, 7) is 5.41. The topological polar surface area (TPSA) is 84.0 Å². The van der Waals surface area contributed by atoms with Crippen LogP contribution in [0.25, 0.3) is 0 Å². The Balaban J connectivity index is 1.76. The molecule has 0 unspecified atom stereocenters. The minimum atomic E-state index is -0.301. The molecule has 0 saturated carbocycles. The van der Waals surface area contributed by atoms with Crippen molar-refractivity contribution >= 4 is 28.9 Å². The monoisotopic (exact) mass is 360 g/mol. The molecule has 0 saturated heterocycles. The first kappa shape index (κ1) is 18.3. The van der Waals surface area contributed by atoms with E-state index in [-0.39, 0.29) is 17.4 Å². The molecule has 0 aliphatic heterocycles. The quantitative estimate of drug-likeness (QED) is 0.663. The first-order valence-corrected chi connectivity index (χ1v) is 8.51. The van der Waals surface area contributed by atoms with Crippen LogP contribution in [-0.2, 0) is 0 Å². The van der Waals surface area contributed by atoms with Crippen molar-refractivity contribution < 1.29 is 9.59 Å². The first-order chi connectivity index (χ1) is 12.9. The lowest BCUT2D eigenvalue weighted by Crippen LogP contribution is -2.15. The van der Waals surface area contributed by atoms with Gasteiger partial charge in [0.25, 0.3) is 5.91 Å². The summed E-state index contributed by atoms with van der Waals surface area (Å²) in [4.78, 5) is 32.1. The maximum atomic E-state index is 12.6. The van der Waals surface area contributed by atoms with Crippen LogP contribution in [0.5, 0.6) is 0 Å². The fourth-order valence-corrected chi connectivity index (χ4v) is 2.68. The molecule has 136 valence electrons. The number of rotatable bonds is 5. The number of Topliss-reactive ketones (excluding diaryl/α,β-unsaturated/α-hetero) is 1. The van der Waals surface area contributed by atoms with Gasteiger partial charge >= 0.3 is 0 Å². The number of benzene rings is 2. The minimum Gasteiger partial charge on any atom is -0.340 e. The number of hydrogen-bond acceptors (Lipinski definition) is 5. The number of carbonyl (C=O) groups is 2. The molecule has 0 aliphatic rings. The lowest BCUT2D eigenvalue weighted by molar-refractivity contribution is 0.101. The van der Waals surface area contributed by atoms with Gasteiger partial charge in [-0.05, 0) is 56.2 Å². The van der Waals surface area contributed by atoms with E-state index in [1.807, 2.05) is 32.0 Å². The van der Waals surface area contributed by atoms with Crippen LogP contribution in [0.3, 0.4) is 0 Å². The molecule has 27 heavy (non-hydrogen) atoms. The molecule has 2 aromatic carbocycles. The predicted molar refractivity (Wildman–Crippen MR) is 106 cm³/mol. The number of para-hydroxylation sites is 1. The molecule has 1 heterocycles. The van der Waals surface area contributed by atoms with E-state index in [4.69, 9.17) is 0 Å². The standard InChI is InChI=1S/C21H20N4O2/c1-13-5-4-6-14(2)20(13)25-21(27)18-11-19(23-12-22-18)24-17-9-7-16(8-10-17)15(3)26/h4-12H,1-3H3,(H,25,27)(H,22,23,24). The van der Waals surface area contributed by atoms with E-state index in [0.717, 1.165) is 22.5 Å². The van der Waals surface area contributed by atoms with Gasteiger partial charge in [-0.2, -0.15) is 0 Å². The largest absolute Gasteiger partial charge is 0.340 e. The lowest BCUT2D eigenvalue weighted by atomic mass is 10.1. The molecule has 0 bridgehead atoms. The van der Waals surface area contributed by atoms with Crippen LogP contribution < -0.4 is 10.6 Å². The Morgan fingerprint density at radius 2 is 1.59 bits per heavy atom. The maximum Gasteiger partial charge on any atom is 0.274 e. The summed E-state index contributed by atoms with van der Waals surface area (Å²) in [5.74, 6) is 0.200. The molecule has 1 amide bonds. The van der Waals surface area contributed by atoms with Crippen molar-refractivity contribution in [2.24, 2.45) is 0 Å². The van der Waals surface area contributed by atoms with E-state index in [1.54, 1.807) is 30.3 Å². The molecule has 0 radical (unpaired) electrons. The molecular weight excluding hydrogens is 340 g/mol. The van der Waals surface area contributed by atoms with E-state index in [2.05, 4.69) is 20.6 Å². The third kappa shape index (κ3) is 4.36. The summed E-state index contributed by atoms with van der Waals surface area (Å²) in [7, 11) is 0. The van der Waals surface area contributed by atoms with Crippen LogP contribution in [0, 0.1) is 13.8 Å². The van der Waals surface area contributed by atoms with Gasteiger partial charge in [-0.3, -0.25) is 9.59 Å². The van der Waals surface area contributed by atoms with Gasteiger partial charge in [0.1, 0.15) is 17.8 Å². The van der Waals surface area contributed by atoms with Gasteiger partial charge in [0.05, 0.1) is 0 Å². The van der Waals surface area contributed by atoms with Crippen LogP contribution in [-0.4, -0.2) is 21.7 Å². The Hall–Kier alpha value is -3.54. The summed E-state index contributed by atoms with van der Waals surface area (Å²) in [5, 5.41) is 6.02. The van der Waals surface area contributed by atoms with Gasteiger partial charge < -0.3 is 10.6 Å². The number of aromatic nitrogens is 2. The molecular formula is C21H20N4O2. The first-order valence-electron chi connectivity index (χ1n) is 8.51. The number of hydrogen-bond donors (Lipinski definition) is 2. The zero-order valence-corrected chi connectivity index (χ0v) is 15.4. The Morgan fingerprint density at radius 1 is 0.926 bits per heavy atom. The van der Waals surface area contributed by atoms with Crippen LogP contribution in [0.4, 0.5) is 17.2 Å². The van der Waals surface area contributed by atoms with Crippen LogP contribution >= 0.6 is 0 Å². The van der Waals surface area contributed by atoms with Gasteiger partial charge in [0.2, 0.25) is 0 Å². The number of nitrogens with zero attached hydrogens (tertiary/aromatic N) is 2. The van der Waals surface area contributed by atoms with Crippen molar-refractivity contribution in [1.29, 1.82) is 0 Å². The number of ketones is 1. The lowest BCUT2D eigenvalue weighted by Gasteiger charge is -2.11. The highest BCUT2D eigenvalue weighted by Gasteiger charge is 2.12. The molecule has 6 nitrogen and oxygen atoms in total. The minimum absolute atomic E-state index is 0.00837. The predicted octanol–water partition coefficient (Wildman–Crippen LogP) is 4.29. The second kappa shape index (κ2) is 7.78. The van der Waals surface area contributed by atoms with Crippen molar-refractivity contribution in [3.8, 4) is 0 Å². The molecule has 0 fully saturated rings. The molecule has 0 aliphatic carbocycles. The summed E-state index contributed by atoms with van der Waals surface area (Å²) in [6.07, 6.45) is 1.34. The summed E-state index contributed by atoms with van der Waals surface area (Å²) < 4.78 is 0. The number of amides is 1. The van der Waals surface area contributed by atoms with E-state index < -0.39 is 0 Å². The fraction of sp³-hybridized carbons (Fsp3) is 0.143. The van der Waals surface area contributed by atoms with Crippen LogP contribution in [0.15, 0.2) is 54.9 Å². The summed E-state index contributed by atoms with van der Waals surface area (Å²) >= 11 is 0. The van der Waals surface area contributed by atoms with Gasteiger partial charge in [-0.1, -0.05) is 18.2 Å². The third-order valence-corrected chi connectivity index (χ3v) is 4.18. The smallest absolute Gasteiger partial charge is 0.274 e. The van der Waals surface area contributed by atoms with Crippen molar-refractivity contribution in [3.63, 3.8) is 0 Å². The number of carbonyl (C=O) groups excluding carboxylic acids is 2.